The molecule has 1 aromatic heterocycles. The van der Waals surface area contributed by atoms with Crippen LogP contribution in [-0.4, -0.2) is 54.7 Å². The molecule has 3 rings (SSSR count). The van der Waals surface area contributed by atoms with Gasteiger partial charge in [0.15, 0.2) is 5.96 Å². The van der Waals surface area contributed by atoms with Gasteiger partial charge in [0.1, 0.15) is 5.15 Å². The van der Waals surface area contributed by atoms with Gasteiger partial charge in [0.2, 0.25) is 0 Å². The summed E-state index contributed by atoms with van der Waals surface area (Å²) < 4.78 is 5.64. The molecule has 2 heterocycles. The molecule has 1 aliphatic heterocycles. The average Bonchev–Trinajstić information content (AvgIpc) is 2.74. The van der Waals surface area contributed by atoms with Gasteiger partial charge in [0.25, 0.3) is 0 Å². The molecule has 170 valence electrons. The van der Waals surface area contributed by atoms with Crippen LogP contribution >= 0.6 is 35.6 Å². The number of aliphatic imine (C=N–C) groups is 1. The summed E-state index contributed by atoms with van der Waals surface area (Å²) in [6.07, 6.45) is 2.99. The van der Waals surface area contributed by atoms with E-state index in [0.29, 0.717) is 17.8 Å². The number of guanidine groups is 1. The molecule has 0 radical (unpaired) electrons. The van der Waals surface area contributed by atoms with E-state index in [2.05, 4.69) is 58.6 Å². The van der Waals surface area contributed by atoms with Crippen LogP contribution in [0.15, 0.2) is 47.6 Å². The van der Waals surface area contributed by atoms with Gasteiger partial charge in [-0.25, -0.2) is 9.98 Å². The number of aromatic nitrogens is 1. The van der Waals surface area contributed by atoms with E-state index in [4.69, 9.17) is 21.3 Å². The van der Waals surface area contributed by atoms with Crippen molar-refractivity contribution < 1.29 is 4.74 Å². The zero-order valence-corrected chi connectivity index (χ0v) is 21.4. The van der Waals surface area contributed by atoms with Gasteiger partial charge in [-0.1, -0.05) is 41.9 Å². The Labute approximate surface area is 207 Å². The van der Waals surface area contributed by atoms with Gasteiger partial charge in [-0.3, -0.25) is 4.90 Å². The number of hydrogen-bond acceptors (Lipinski definition) is 4. The van der Waals surface area contributed by atoms with Crippen molar-refractivity contribution in [3.05, 3.63) is 64.4 Å². The molecule has 2 aromatic rings. The molecule has 0 bridgehead atoms. The van der Waals surface area contributed by atoms with E-state index in [-0.39, 0.29) is 24.0 Å². The first-order valence-corrected chi connectivity index (χ1v) is 11.0. The molecule has 31 heavy (non-hydrogen) atoms. The molecular formula is C23H33ClIN5O. The van der Waals surface area contributed by atoms with Crippen molar-refractivity contribution in [3.8, 4) is 0 Å². The molecular weight excluding hydrogens is 525 g/mol. The first-order chi connectivity index (χ1) is 14.6. The minimum absolute atomic E-state index is 0. The maximum atomic E-state index is 5.84. The molecule has 6 nitrogen and oxygen atoms in total. The topological polar surface area (TPSA) is 61.8 Å². The summed E-state index contributed by atoms with van der Waals surface area (Å²) in [4.78, 5) is 11.3. The third kappa shape index (κ3) is 9.31. The van der Waals surface area contributed by atoms with Crippen molar-refractivity contribution in [3.63, 3.8) is 0 Å². The third-order valence-corrected chi connectivity index (χ3v) is 5.21. The van der Waals surface area contributed by atoms with E-state index >= 15 is 0 Å². The predicted molar refractivity (Wildman–Crippen MR) is 138 cm³/mol. The molecule has 8 heteroatoms. The van der Waals surface area contributed by atoms with Gasteiger partial charge in [0.05, 0.1) is 19.3 Å². The van der Waals surface area contributed by atoms with Crippen molar-refractivity contribution >= 4 is 41.5 Å². The number of morpholine rings is 1. The Bertz CT molecular complexity index is 818. The van der Waals surface area contributed by atoms with E-state index in [1.54, 1.807) is 0 Å². The highest BCUT2D eigenvalue weighted by molar-refractivity contribution is 14.0. The summed E-state index contributed by atoms with van der Waals surface area (Å²) in [7, 11) is 0. The standard InChI is InChI=1S/C23H32ClN5O.HI/c1-3-25-23(26-10-9-19-7-8-22(24)27-14-19)28-15-20-5-4-6-21(13-20)17-29-11-12-30-18(2)16-29;/h4-8,13-14,18H,3,9-12,15-17H2,1-2H3,(H2,25,26,28);1H. The molecule has 1 unspecified atom stereocenters. The molecule has 0 aliphatic carbocycles. The number of pyridine rings is 1. The fourth-order valence-electron chi connectivity index (χ4n) is 3.51. The lowest BCUT2D eigenvalue weighted by molar-refractivity contribution is -0.0212. The zero-order valence-electron chi connectivity index (χ0n) is 18.3. The average molecular weight is 558 g/mol. The van der Waals surface area contributed by atoms with Gasteiger partial charge in [-0.05, 0) is 43.0 Å². The number of rotatable bonds is 8. The van der Waals surface area contributed by atoms with Crippen LogP contribution < -0.4 is 10.6 Å². The van der Waals surface area contributed by atoms with Crippen LogP contribution in [0.25, 0.3) is 0 Å². The summed E-state index contributed by atoms with van der Waals surface area (Å²) in [6, 6.07) is 12.5. The van der Waals surface area contributed by atoms with E-state index in [9.17, 15) is 0 Å². The lowest BCUT2D eigenvalue weighted by Gasteiger charge is -2.31. The zero-order chi connectivity index (χ0) is 21.2. The van der Waals surface area contributed by atoms with Gasteiger partial charge < -0.3 is 15.4 Å². The second-order valence-electron chi connectivity index (χ2n) is 7.60. The summed E-state index contributed by atoms with van der Waals surface area (Å²) in [5.74, 6) is 0.826. The molecule has 1 aliphatic rings. The molecule has 0 amide bonds. The van der Waals surface area contributed by atoms with Crippen LogP contribution in [-0.2, 0) is 24.2 Å². The maximum absolute atomic E-state index is 5.84. The minimum atomic E-state index is 0. The first-order valence-electron chi connectivity index (χ1n) is 10.7. The first kappa shape index (κ1) is 25.8. The van der Waals surface area contributed by atoms with Crippen molar-refractivity contribution in [1.29, 1.82) is 0 Å². The number of ether oxygens (including phenoxy) is 1. The van der Waals surface area contributed by atoms with Crippen molar-refractivity contribution in [2.45, 2.75) is 39.5 Å². The number of nitrogens with one attached hydrogen (secondary N) is 2. The van der Waals surface area contributed by atoms with E-state index in [0.717, 1.165) is 57.3 Å². The fraction of sp³-hybridized carbons (Fsp3) is 0.478. The van der Waals surface area contributed by atoms with Gasteiger partial charge in [-0.15, -0.1) is 24.0 Å². The Morgan fingerprint density at radius 2 is 2.06 bits per heavy atom. The number of benzene rings is 1. The van der Waals surface area contributed by atoms with Crippen molar-refractivity contribution in [2.24, 2.45) is 4.99 Å². The van der Waals surface area contributed by atoms with Crippen LogP contribution in [0.4, 0.5) is 0 Å². The smallest absolute Gasteiger partial charge is 0.191 e. The number of hydrogen-bond donors (Lipinski definition) is 2. The molecule has 1 saturated heterocycles. The Kier molecular flexibility index (Phi) is 11.6. The molecule has 1 aromatic carbocycles. The molecule has 1 fully saturated rings. The minimum Gasteiger partial charge on any atom is -0.376 e. The number of nitrogens with zero attached hydrogens (tertiary/aromatic N) is 3. The van der Waals surface area contributed by atoms with Crippen LogP contribution in [0.1, 0.15) is 30.5 Å². The Morgan fingerprint density at radius 1 is 1.23 bits per heavy atom. The largest absolute Gasteiger partial charge is 0.376 e. The van der Waals surface area contributed by atoms with Crippen LogP contribution in [0.3, 0.4) is 0 Å². The summed E-state index contributed by atoms with van der Waals surface area (Å²) in [5.41, 5.74) is 3.69. The molecule has 2 N–H and O–H groups in total. The third-order valence-electron chi connectivity index (χ3n) is 4.98. The molecule has 0 saturated carbocycles. The van der Waals surface area contributed by atoms with E-state index in [1.165, 1.54) is 11.1 Å². The predicted octanol–water partition coefficient (Wildman–Crippen LogP) is 3.87. The summed E-state index contributed by atoms with van der Waals surface area (Å²) in [6.45, 7) is 10.2. The van der Waals surface area contributed by atoms with Gasteiger partial charge >= 0.3 is 0 Å². The van der Waals surface area contributed by atoms with Crippen LogP contribution in [0, 0.1) is 0 Å². The van der Waals surface area contributed by atoms with E-state index in [1.807, 2.05) is 18.3 Å². The molecule has 1 atom stereocenters. The SMILES string of the molecule is CCNC(=NCc1cccc(CN2CCOC(C)C2)c1)NCCc1ccc(Cl)nc1.I. The van der Waals surface area contributed by atoms with Crippen molar-refractivity contribution in [2.75, 3.05) is 32.8 Å². The molecule has 0 spiro atoms. The normalized spacial score (nSPS) is 17.1. The maximum Gasteiger partial charge on any atom is 0.191 e. The highest BCUT2D eigenvalue weighted by Gasteiger charge is 2.16. The van der Waals surface area contributed by atoms with Gasteiger partial charge in [0, 0.05) is 38.9 Å². The van der Waals surface area contributed by atoms with Crippen LogP contribution in [0.2, 0.25) is 5.15 Å². The van der Waals surface area contributed by atoms with E-state index < -0.39 is 0 Å². The lowest BCUT2D eigenvalue weighted by Crippen LogP contribution is -2.40. The van der Waals surface area contributed by atoms with Gasteiger partial charge in [-0.2, -0.15) is 0 Å². The quantitative estimate of drug-likeness (QED) is 0.223. The monoisotopic (exact) mass is 557 g/mol. The Hall–Kier alpha value is -1.42. The second-order valence-corrected chi connectivity index (χ2v) is 7.98. The van der Waals surface area contributed by atoms with Crippen LogP contribution in [0.5, 0.6) is 0 Å². The lowest BCUT2D eigenvalue weighted by atomic mass is 10.1. The number of halogens is 2. The summed E-state index contributed by atoms with van der Waals surface area (Å²) >= 11 is 5.84. The fourth-order valence-corrected chi connectivity index (χ4v) is 3.62. The highest BCUT2D eigenvalue weighted by Crippen LogP contribution is 2.13. The van der Waals surface area contributed by atoms with Crippen molar-refractivity contribution in [1.82, 2.24) is 20.5 Å². The second kappa shape index (κ2) is 13.9. The Balaban J connectivity index is 0.00000341. The highest BCUT2D eigenvalue weighted by atomic mass is 127. The summed E-state index contributed by atoms with van der Waals surface area (Å²) in [5, 5.41) is 7.23. The Morgan fingerprint density at radius 3 is 2.81 bits per heavy atom.